The van der Waals surface area contributed by atoms with E-state index < -0.39 is 23.2 Å². The molecule has 5 rings (SSSR count). The monoisotopic (exact) mass is 541 g/mol. The molecule has 1 spiro atoms. The number of amides is 2. The van der Waals surface area contributed by atoms with Crippen molar-refractivity contribution in [3.63, 3.8) is 0 Å². The predicted octanol–water partition coefficient (Wildman–Crippen LogP) is 1.29. The van der Waals surface area contributed by atoms with Crippen molar-refractivity contribution >= 4 is 6.03 Å². The Bertz CT molecular complexity index is 830. The van der Waals surface area contributed by atoms with Crippen LogP contribution in [0.2, 0.25) is 0 Å². The quantitative estimate of drug-likeness (QED) is 0.229. The number of hydrogen-bond donors (Lipinski definition) is 6. The van der Waals surface area contributed by atoms with Crippen LogP contribution in [0.3, 0.4) is 0 Å². The van der Waals surface area contributed by atoms with Gasteiger partial charge in [0, 0.05) is 38.6 Å². The van der Waals surface area contributed by atoms with Crippen molar-refractivity contribution in [3.8, 4) is 0 Å². The Hall–Kier alpha value is -1.37. The van der Waals surface area contributed by atoms with E-state index in [-0.39, 0.29) is 30.0 Å². The van der Waals surface area contributed by atoms with Gasteiger partial charge in [-0.05, 0) is 87.0 Å². The highest BCUT2D eigenvalue weighted by atomic mass is 16.3. The second kappa shape index (κ2) is 12.0. The summed E-state index contributed by atoms with van der Waals surface area (Å²) in [4.78, 5) is 21.4. The van der Waals surface area contributed by atoms with Gasteiger partial charge in [0.05, 0.1) is 30.2 Å². The van der Waals surface area contributed by atoms with Crippen molar-refractivity contribution in [2.24, 2.45) is 45.0 Å². The SMILES string of the molecule is CN(N=O)C(N)=O.CN1CCNCC1.C[C@@]1(CO)[C@H](O)CC[C@@]2(C)[C@H]1CC[C@H]1C[C@@H]3C[C@@]12CC[C@]3(O)CO. The van der Waals surface area contributed by atoms with Crippen LogP contribution in [0.25, 0.3) is 0 Å². The molecule has 2 bridgehead atoms. The normalized spacial score (nSPS) is 43.8. The number of aliphatic hydroxyl groups excluding tert-OH is 3. The van der Waals surface area contributed by atoms with E-state index in [0.29, 0.717) is 23.3 Å². The summed E-state index contributed by atoms with van der Waals surface area (Å²) in [7, 11) is 3.33. The standard InChI is InChI=1S/C20H34O4.C5H12N2.C2H5N3O2/c1-17(11-21)15-4-3-13-9-14-10-19(13,7-8-20(14,24)12-22)18(15,2)6-5-16(17)23;1-7-4-2-6-3-5-7;1-5(4-7)2(3)6/h13-16,21-24H,3-12H2,1-2H3;6H,2-5H2,1H3;1H3,(H2,3,6)/t13-,14+,15-,16+,17-,18-,19-,20-;;/m0../s1. The van der Waals surface area contributed by atoms with Crippen LogP contribution in [-0.2, 0) is 0 Å². The Kier molecular flexibility index (Phi) is 9.85. The zero-order valence-corrected chi connectivity index (χ0v) is 23.7. The molecule has 0 radical (unpaired) electrons. The lowest BCUT2D eigenvalue weighted by molar-refractivity contribution is -0.216. The molecule has 4 saturated carbocycles. The molecular weight excluding hydrogens is 490 g/mol. The summed E-state index contributed by atoms with van der Waals surface area (Å²) in [6.45, 7) is 9.17. The third kappa shape index (κ3) is 5.47. The molecule has 0 unspecified atom stereocenters. The first-order valence-corrected chi connectivity index (χ1v) is 14.2. The number of fused-ring (bicyclic) bond motifs is 2. The number of carbonyl (C=O) groups excluding carboxylic acids is 1. The number of nitrogens with one attached hydrogen (secondary N) is 1. The van der Waals surface area contributed by atoms with Gasteiger partial charge in [0.1, 0.15) is 0 Å². The molecule has 0 aromatic rings. The zero-order chi connectivity index (χ0) is 28.4. The van der Waals surface area contributed by atoms with Crippen molar-refractivity contribution in [1.82, 2.24) is 15.2 Å². The summed E-state index contributed by atoms with van der Waals surface area (Å²) in [5.41, 5.74) is 3.59. The van der Waals surface area contributed by atoms with Crippen LogP contribution in [0.5, 0.6) is 0 Å². The van der Waals surface area contributed by atoms with E-state index in [1.807, 2.05) is 0 Å². The maximum Gasteiger partial charge on any atom is 0.337 e. The second-order valence-electron chi connectivity index (χ2n) is 13.0. The van der Waals surface area contributed by atoms with Crippen LogP contribution in [-0.4, -0.2) is 102 Å². The van der Waals surface area contributed by atoms with Gasteiger partial charge in [-0.2, -0.15) is 5.01 Å². The summed E-state index contributed by atoms with van der Waals surface area (Å²) in [6, 6.07) is -0.852. The number of primary amides is 1. The van der Waals surface area contributed by atoms with Gasteiger partial charge in [0.25, 0.3) is 0 Å². The highest BCUT2D eigenvalue weighted by Gasteiger charge is 2.70. The number of hydrogen-bond acceptors (Lipinski definition) is 9. The summed E-state index contributed by atoms with van der Waals surface area (Å²) in [6.07, 6.45) is 7.33. The minimum absolute atomic E-state index is 0.0547. The number of rotatable bonds is 3. The Labute approximate surface area is 227 Å². The van der Waals surface area contributed by atoms with Crippen molar-refractivity contribution in [3.05, 3.63) is 4.91 Å². The number of nitroso groups, excluding NO2 is 1. The number of nitrogens with zero attached hydrogens (tertiary/aromatic N) is 3. The molecule has 7 N–H and O–H groups in total. The van der Waals surface area contributed by atoms with Crippen molar-refractivity contribution in [1.29, 1.82) is 0 Å². The first kappa shape index (κ1) is 31.2. The summed E-state index contributed by atoms with van der Waals surface area (Å²) in [5, 5.41) is 47.3. The van der Waals surface area contributed by atoms with Gasteiger partial charge in [0.15, 0.2) is 0 Å². The van der Waals surface area contributed by atoms with Gasteiger partial charge in [0.2, 0.25) is 0 Å². The minimum Gasteiger partial charge on any atom is -0.396 e. The number of carbonyl (C=O) groups is 1. The summed E-state index contributed by atoms with van der Waals surface area (Å²) in [5.74, 6) is 1.18. The van der Waals surface area contributed by atoms with E-state index in [1.54, 1.807) is 0 Å². The molecule has 11 heteroatoms. The van der Waals surface area contributed by atoms with Crippen LogP contribution in [0.4, 0.5) is 4.79 Å². The van der Waals surface area contributed by atoms with Crippen molar-refractivity contribution in [2.75, 3.05) is 53.5 Å². The molecule has 4 aliphatic carbocycles. The summed E-state index contributed by atoms with van der Waals surface area (Å²) < 4.78 is 0. The third-order valence-corrected chi connectivity index (χ3v) is 11.3. The van der Waals surface area contributed by atoms with Crippen LogP contribution in [0, 0.1) is 38.9 Å². The maximum atomic E-state index is 10.9. The lowest BCUT2D eigenvalue weighted by Crippen LogP contribution is -2.63. The number of likely N-dealkylation sites (N-methyl/N-ethyl adjacent to an activating group) is 1. The molecule has 1 aliphatic heterocycles. The maximum absolute atomic E-state index is 10.9. The first-order valence-electron chi connectivity index (χ1n) is 14.2. The molecule has 8 atom stereocenters. The van der Waals surface area contributed by atoms with Crippen LogP contribution in [0.1, 0.15) is 65.2 Å². The Morgan fingerprint density at radius 2 is 1.74 bits per heavy atom. The fourth-order valence-corrected chi connectivity index (χ4v) is 8.75. The average molecular weight is 542 g/mol. The molecule has 5 aliphatic rings. The summed E-state index contributed by atoms with van der Waals surface area (Å²) >= 11 is 0. The van der Waals surface area contributed by atoms with Crippen molar-refractivity contribution in [2.45, 2.75) is 76.9 Å². The van der Waals surface area contributed by atoms with Gasteiger partial charge >= 0.3 is 6.03 Å². The van der Waals surface area contributed by atoms with Gasteiger partial charge in [-0.3, -0.25) is 0 Å². The van der Waals surface area contributed by atoms with E-state index in [4.69, 9.17) is 0 Å². The largest absolute Gasteiger partial charge is 0.396 e. The molecule has 11 nitrogen and oxygen atoms in total. The third-order valence-electron chi connectivity index (χ3n) is 11.3. The molecule has 2 amide bonds. The molecular formula is C27H51N5O6. The molecule has 1 heterocycles. The molecule has 1 saturated heterocycles. The van der Waals surface area contributed by atoms with Crippen LogP contribution < -0.4 is 11.1 Å². The smallest absolute Gasteiger partial charge is 0.337 e. The number of urea groups is 1. The zero-order valence-electron chi connectivity index (χ0n) is 23.7. The van der Waals surface area contributed by atoms with E-state index in [2.05, 4.69) is 42.1 Å². The fourth-order valence-electron chi connectivity index (χ4n) is 8.75. The number of aliphatic hydroxyl groups is 4. The van der Waals surface area contributed by atoms with E-state index in [9.17, 15) is 30.1 Å². The molecule has 0 aromatic heterocycles. The van der Waals surface area contributed by atoms with Crippen molar-refractivity contribution < 1.29 is 25.2 Å². The van der Waals surface area contributed by atoms with Gasteiger partial charge in [-0.15, -0.1) is 4.91 Å². The number of piperazine rings is 1. The molecule has 0 aromatic carbocycles. The van der Waals surface area contributed by atoms with Gasteiger partial charge in [-0.1, -0.05) is 13.8 Å². The predicted molar refractivity (Wildman–Crippen MR) is 145 cm³/mol. The fraction of sp³-hybridized carbons (Fsp3) is 0.963. The highest BCUT2D eigenvalue weighted by molar-refractivity contribution is 5.71. The Balaban J connectivity index is 0.000000235. The van der Waals surface area contributed by atoms with Gasteiger partial charge in [-0.25, -0.2) is 4.79 Å². The van der Waals surface area contributed by atoms with Crippen LogP contribution >= 0.6 is 0 Å². The lowest BCUT2D eigenvalue weighted by Gasteiger charge is -2.66. The average Bonchev–Trinajstić information content (AvgIpc) is 3.26. The molecule has 38 heavy (non-hydrogen) atoms. The van der Waals surface area contributed by atoms with Crippen LogP contribution in [0.15, 0.2) is 5.29 Å². The molecule has 220 valence electrons. The first-order chi connectivity index (χ1) is 17.8. The van der Waals surface area contributed by atoms with Gasteiger partial charge < -0.3 is 36.4 Å². The number of nitrogens with two attached hydrogens (primary N) is 1. The lowest BCUT2D eigenvalue weighted by atomic mass is 9.39. The van der Waals surface area contributed by atoms with E-state index in [0.717, 1.165) is 58.0 Å². The highest BCUT2D eigenvalue weighted by Crippen LogP contribution is 2.75. The molecule has 5 fully saturated rings. The van der Waals surface area contributed by atoms with E-state index in [1.165, 1.54) is 20.1 Å². The second-order valence-corrected chi connectivity index (χ2v) is 13.0. The van der Waals surface area contributed by atoms with E-state index >= 15 is 0 Å². The Morgan fingerprint density at radius 3 is 2.21 bits per heavy atom. The Morgan fingerprint density at radius 1 is 1.08 bits per heavy atom. The topological polar surface area (TPSA) is 172 Å². The minimum atomic E-state index is -0.886.